The lowest BCUT2D eigenvalue weighted by Gasteiger charge is -2.14. The highest BCUT2D eigenvalue weighted by molar-refractivity contribution is 7.84. The molecule has 0 bridgehead atoms. The van der Waals surface area contributed by atoms with Gasteiger partial charge in [-0.25, -0.2) is 0 Å². The molecule has 0 saturated carbocycles. The van der Waals surface area contributed by atoms with Crippen LogP contribution in [0.4, 0.5) is 0 Å². The minimum atomic E-state index is -0.799. The van der Waals surface area contributed by atoms with Crippen LogP contribution in [0.25, 0.3) is 0 Å². The largest absolute Gasteiger partial charge is 0.345 e. The third-order valence-corrected chi connectivity index (χ3v) is 2.20. The Labute approximate surface area is 70.2 Å². The molecule has 0 rings (SSSR count). The fourth-order valence-electron chi connectivity index (χ4n) is 0.660. The van der Waals surface area contributed by atoms with Gasteiger partial charge in [-0.2, -0.15) is 0 Å². The summed E-state index contributed by atoms with van der Waals surface area (Å²) in [6.07, 6.45) is 2.16. The summed E-state index contributed by atoms with van der Waals surface area (Å²) in [6, 6.07) is 0. The first-order valence-corrected chi connectivity index (χ1v) is 5.34. The van der Waals surface area contributed by atoms with Crippen molar-refractivity contribution in [2.75, 3.05) is 25.6 Å². The third-order valence-electron chi connectivity index (χ3n) is 1.44. The SMILES string of the molecule is CCC(=O)N(C)CC[S@](C)=O. The number of amides is 1. The Morgan fingerprint density at radius 3 is 2.45 bits per heavy atom. The first-order valence-electron chi connectivity index (χ1n) is 3.62. The quantitative estimate of drug-likeness (QED) is 0.616. The van der Waals surface area contributed by atoms with Crippen LogP contribution in [0.5, 0.6) is 0 Å². The number of hydrogen-bond acceptors (Lipinski definition) is 2. The minimum absolute atomic E-state index is 0.107. The van der Waals surface area contributed by atoms with E-state index in [2.05, 4.69) is 0 Å². The van der Waals surface area contributed by atoms with E-state index in [1.165, 1.54) is 0 Å². The summed E-state index contributed by atoms with van der Waals surface area (Å²) in [5.74, 6) is 0.679. The molecule has 0 aliphatic carbocycles. The van der Waals surface area contributed by atoms with Gasteiger partial charge < -0.3 is 4.90 Å². The molecule has 0 aliphatic rings. The second-order valence-electron chi connectivity index (χ2n) is 2.45. The molecule has 1 amide bonds. The molecule has 0 spiro atoms. The standard InChI is InChI=1S/C7H15NO2S/c1-4-7(9)8(2)5-6-11(3)10/h4-6H2,1-3H3/t11-/m0/s1. The van der Waals surface area contributed by atoms with E-state index in [0.717, 1.165) is 0 Å². The van der Waals surface area contributed by atoms with Gasteiger partial charge in [0.05, 0.1) is 0 Å². The van der Waals surface area contributed by atoms with Gasteiger partial charge in [0.15, 0.2) is 0 Å². The molecular formula is C7H15NO2S. The number of carbonyl (C=O) groups is 1. The van der Waals surface area contributed by atoms with Crippen molar-refractivity contribution in [3.63, 3.8) is 0 Å². The maximum atomic E-state index is 11.0. The highest BCUT2D eigenvalue weighted by atomic mass is 32.2. The van der Waals surface area contributed by atoms with Crippen molar-refractivity contribution >= 4 is 16.7 Å². The Balaban J connectivity index is 3.60. The van der Waals surface area contributed by atoms with Crippen LogP contribution < -0.4 is 0 Å². The molecule has 0 aromatic carbocycles. The molecule has 66 valence electrons. The van der Waals surface area contributed by atoms with Gasteiger partial charge in [-0.3, -0.25) is 9.00 Å². The summed E-state index contributed by atoms with van der Waals surface area (Å²) in [7, 11) is 0.936. The van der Waals surface area contributed by atoms with E-state index in [-0.39, 0.29) is 5.91 Å². The van der Waals surface area contributed by atoms with Crippen molar-refractivity contribution in [1.82, 2.24) is 4.90 Å². The number of hydrogen-bond donors (Lipinski definition) is 0. The zero-order chi connectivity index (χ0) is 8.85. The molecule has 3 nitrogen and oxygen atoms in total. The number of nitrogens with zero attached hydrogens (tertiary/aromatic N) is 1. The van der Waals surface area contributed by atoms with Crippen LogP contribution in [-0.2, 0) is 15.6 Å². The predicted octanol–water partition coefficient (Wildman–Crippen LogP) is 0.233. The summed E-state index contributed by atoms with van der Waals surface area (Å²) in [6.45, 7) is 2.41. The molecule has 11 heavy (non-hydrogen) atoms. The predicted molar refractivity (Wildman–Crippen MR) is 46.9 cm³/mol. The Hall–Kier alpha value is -0.380. The van der Waals surface area contributed by atoms with Gasteiger partial charge in [-0.05, 0) is 0 Å². The Kier molecular flexibility index (Phi) is 5.11. The second-order valence-corrected chi connectivity index (χ2v) is 4.00. The van der Waals surface area contributed by atoms with E-state index >= 15 is 0 Å². The molecule has 1 atom stereocenters. The first kappa shape index (κ1) is 10.6. The number of carbonyl (C=O) groups excluding carboxylic acids is 1. The minimum Gasteiger partial charge on any atom is -0.345 e. The van der Waals surface area contributed by atoms with E-state index < -0.39 is 10.8 Å². The zero-order valence-electron chi connectivity index (χ0n) is 7.29. The van der Waals surface area contributed by atoms with Crippen LogP contribution >= 0.6 is 0 Å². The lowest BCUT2D eigenvalue weighted by molar-refractivity contribution is -0.129. The monoisotopic (exact) mass is 177 g/mol. The van der Waals surface area contributed by atoms with Crippen molar-refractivity contribution in [3.05, 3.63) is 0 Å². The molecule has 0 N–H and O–H groups in total. The van der Waals surface area contributed by atoms with Gasteiger partial charge in [0, 0.05) is 42.8 Å². The molecule has 0 saturated heterocycles. The van der Waals surface area contributed by atoms with Gasteiger partial charge in [0.25, 0.3) is 0 Å². The molecule has 0 heterocycles. The molecule has 0 radical (unpaired) electrons. The maximum Gasteiger partial charge on any atom is 0.222 e. The highest BCUT2D eigenvalue weighted by Crippen LogP contribution is 1.89. The molecule has 0 aromatic heterocycles. The van der Waals surface area contributed by atoms with E-state index in [9.17, 15) is 9.00 Å². The summed E-state index contributed by atoms with van der Waals surface area (Å²) in [4.78, 5) is 12.6. The second kappa shape index (κ2) is 5.29. The van der Waals surface area contributed by atoms with Crippen LogP contribution in [0.1, 0.15) is 13.3 Å². The lowest BCUT2D eigenvalue weighted by atomic mass is 10.4. The van der Waals surface area contributed by atoms with Gasteiger partial charge in [0.1, 0.15) is 0 Å². The maximum absolute atomic E-state index is 11.0. The normalized spacial score (nSPS) is 12.6. The van der Waals surface area contributed by atoms with Crippen molar-refractivity contribution in [1.29, 1.82) is 0 Å². The van der Waals surface area contributed by atoms with Crippen LogP contribution in [0, 0.1) is 0 Å². The van der Waals surface area contributed by atoms with E-state index in [4.69, 9.17) is 0 Å². The average Bonchev–Trinajstić information content (AvgIpc) is 1.98. The zero-order valence-corrected chi connectivity index (χ0v) is 8.11. The average molecular weight is 177 g/mol. The summed E-state index contributed by atoms with van der Waals surface area (Å²) in [5, 5.41) is 0. The van der Waals surface area contributed by atoms with E-state index in [0.29, 0.717) is 18.7 Å². The van der Waals surface area contributed by atoms with Crippen LogP contribution in [0.2, 0.25) is 0 Å². The highest BCUT2D eigenvalue weighted by Gasteiger charge is 2.04. The molecular weight excluding hydrogens is 162 g/mol. The Bertz CT molecular complexity index is 159. The van der Waals surface area contributed by atoms with Gasteiger partial charge in [-0.1, -0.05) is 6.92 Å². The van der Waals surface area contributed by atoms with E-state index in [1.54, 1.807) is 18.2 Å². The van der Waals surface area contributed by atoms with E-state index in [1.807, 2.05) is 6.92 Å². The van der Waals surface area contributed by atoms with Gasteiger partial charge in [0.2, 0.25) is 5.91 Å². The molecule has 4 heteroatoms. The summed E-state index contributed by atoms with van der Waals surface area (Å²) < 4.78 is 10.6. The topological polar surface area (TPSA) is 37.4 Å². The van der Waals surface area contributed by atoms with Crippen molar-refractivity contribution in [2.24, 2.45) is 0 Å². The van der Waals surface area contributed by atoms with Gasteiger partial charge >= 0.3 is 0 Å². The van der Waals surface area contributed by atoms with Crippen LogP contribution in [0.15, 0.2) is 0 Å². The summed E-state index contributed by atoms with van der Waals surface area (Å²) in [5.41, 5.74) is 0. The smallest absolute Gasteiger partial charge is 0.222 e. The van der Waals surface area contributed by atoms with Crippen LogP contribution in [0.3, 0.4) is 0 Å². The van der Waals surface area contributed by atoms with Crippen molar-refractivity contribution < 1.29 is 9.00 Å². The van der Waals surface area contributed by atoms with Crippen molar-refractivity contribution in [3.8, 4) is 0 Å². The van der Waals surface area contributed by atoms with Crippen molar-refractivity contribution in [2.45, 2.75) is 13.3 Å². The fraction of sp³-hybridized carbons (Fsp3) is 0.857. The Morgan fingerprint density at radius 2 is 2.09 bits per heavy atom. The van der Waals surface area contributed by atoms with Crippen LogP contribution in [-0.4, -0.2) is 40.6 Å². The summed E-state index contributed by atoms with van der Waals surface area (Å²) >= 11 is 0. The first-order chi connectivity index (χ1) is 5.07. The fourth-order valence-corrected chi connectivity index (χ4v) is 1.19. The molecule has 0 unspecified atom stereocenters. The molecule has 0 fully saturated rings. The number of rotatable bonds is 4. The molecule has 0 aromatic rings. The third kappa shape index (κ3) is 4.95. The molecule has 0 aliphatic heterocycles. The lowest BCUT2D eigenvalue weighted by Crippen LogP contribution is -2.29. The Morgan fingerprint density at radius 1 is 1.55 bits per heavy atom. The van der Waals surface area contributed by atoms with Gasteiger partial charge in [-0.15, -0.1) is 0 Å².